The van der Waals surface area contributed by atoms with Crippen molar-refractivity contribution in [2.75, 3.05) is 32.7 Å². The molecule has 3 atom stereocenters. The fourth-order valence-corrected chi connectivity index (χ4v) is 5.04. The molecule has 2 heterocycles. The molecular weight excluding hydrogens is 448 g/mol. The first-order valence-corrected chi connectivity index (χ1v) is 12.1. The van der Waals surface area contributed by atoms with Gasteiger partial charge < -0.3 is 14.4 Å². The van der Waals surface area contributed by atoms with E-state index in [1.807, 2.05) is 38.1 Å². The summed E-state index contributed by atoms with van der Waals surface area (Å²) in [5.41, 5.74) is 3.36. The van der Waals surface area contributed by atoms with Crippen molar-refractivity contribution < 1.29 is 26.6 Å². The molecule has 1 aliphatic heterocycles. The first-order chi connectivity index (χ1) is 15.7. The number of anilines is 1. The van der Waals surface area contributed by atoms with Crippen molar-refractivity contribution in [3.05, 3.63) is 41.2 Å². The maximum atomic E-state index is 11.3. The highest BCUT2D eigenvalue weighted by Crippen LogP contribution is 2.45. The van der Waals surface area contributed by atoms with Crippen molar-refractivity contribution in [1.82, 2.24) is 9.97 Å². The fraction of sp³-hybridized carbons (Fsp3) is 0.500. The molecule has 0 unspecified atom stereocenters. The van der Waals surface area contributed by atoms with Crippen LogP contribution in [-0.2, 0) is 14.6 Å². The van der Waals surface area contributed by atoms with Gasteiger partial charge in [-0.15, -0.1) is 0 Å². The Morgan fingerprint density at radius 3 is 2.48 bits per heavy atom. The van der Waals surface area contributed by atoms with Crippen LogP contribution >= 0.6 is 0 Å². The smallest absolute Gasteiger partial charge is 0.397 e. The van der Waals surface area contributed by atoms with Crippen LogP contribution in [0.1, 0.15) is 48.8 Å². The van der Waals surface area contributed by atoms with Crippen LogP contribution in [0.5, 0.6) is 11.5 Å². The van der Waals surface area contributed by atoms with E-state index in [4.69, 9.17) is 23.2 Å². The third-order valence-electron chi connectivity index (χ3n) is 5.92. The zero-order valence-corrected chi connectivity index (χ0v) is 19.9. The van der Waals surface area contributed by atoms with Gasteiger partial charge in [0.15, 0.2) is 11.5 Å². The number of fused-ring (bicyclic) bond motifs is 3. The number of aromatic nitrogens is 2. The molecule has 4 rings (SSSR count). The topological polar surface area (TPSA) is 123 Å². The van der Waals surface area contributed by atoms with Gasteiger partial charge >= 0.3 is 10.4 Å². The van der Waals surface area contributed by atoms with Gasteiger partial charge in [-0.05, 0) is 43.9 Å². The van der Waals surface area contributed by atoms with Crippen molar-refractivity contribution in [3.63, 3.8) is 0 Å². The molecule has 11 heteroatoms. The minimum atomic E-state index is -4.53. The van der Waals surface area contributed by atoms with E-state index in [1.54, 1.807) is 19.5 Å². The van der Waals surface area contributed by atoms with Crippen LogP contribution in [0.25, 0.3) is 0 Å². The van der Waals surface area contributed by atoms with E-state index in [1.165, 1.54) is 0 Å². The first-order valence-electron chi connectivity index (χ1n) is 10.8. The summed E-state index contributed by atoms with van der Waals surface area (Å²) in [7, 11) is 0.800. The molecule has 1 fully saturated rings. The Hall–Kier alpha value is -2.76. The Morgan fingerprint density at radius 1 is 1.15 bits per heavy atom. The zero-order valence-electron chi connectivity index (χ0n) is 19.1. The lowest BCUT2D eigenvalue weighted by Crippen LogP contribution is -2.36. The fourth-order valence-electron chi connectivity index (χ4n) is 4.52. The summed E-state index contributed by atoms with van der Waals surface area (Å²) in [6.07, 6.45) is 4.37. The molecule has 0 amide bonds. The second kappa shape index (κ2) is 9.24. The molecule has 178 valence electrons. The van der Waals surface area contributed by atoms with Crippen LogP contribution < -0.4 is 14.4 Å². The molecule has 1 aromatic heterocycles. The lowest BCUT2D eigenvalue weighted by atomic mass is 9.74. The highest BCUT2D eigenvalue weighted by Gasteiger charge is 2.39. The number of rotatable bonds is 7. The van der Waals surface area contributed by atoms with E-state index in [0.717, 1.165) is 22.4 Å². The molecule has 1 aliphatic carbocycles. The summed E-state index contributed by atoms with van der Waals surface area (Å²) in [5, 5.41) is 0. The molecule has 10 nitrogen and oxygen atoms in total. The largest absolute Gasteiger partial charge is 0.493 e. The number of methoxy groups -OCH3 is 1. The van der Waals surface area contributed by atoms with Crippen LogP contribution in [0.3, 0.4) is 0 Å². The van der Waals surface area contributed by atoms with Gasteiger partial charge in [0.1, 0.15) is 0 Å². The number of ether oxygens (including phenoxy) is 2. The minimum absolute atomic E-state index is 0.0786. The predicted octanol–water partition coefficient (Wildman–Crippen LogP) is 2.62. The number of aliphatic imine (C=N–C) groups is 1. The van der Waals surface area contributed by atoms with Crippen molar-refractivity contribution in [2.24, 2.45) is 4.99 Å². The van der Waals surface area contributed by atoms with Crippen LogP contribution in [-0.4, -0.2) is 68.6 Å². The molecule has 33 heavy (non-hydrogen) atoms. The molecule has 0 bridgehead atoms. The number of hydrogen-bond donors (Lipinski definition) is 1. The summed E-state index contributed by atoms with van der Waals surface area (Å²) in [4.78, 5) is 15.7. The van der Waals surface area contributed by atoms with E-state index >= 15 is 0 Å². The van der Waals surface area contributed by atoms with Gasteiger partial charge in [0.05, 0.1) is 31.6 Å². The van der Waals surface area contributed by atoms with Gasteiger partial charge in [0.25, 0.3) is 0 Å². The van der Waals surface area contributed by atoms with Gasteiger partial charge in [-0.2, -0.15) is 8.42 Å². The molecule has 1 aromatic carbocycles. The second-order valence-electron chi connectivity index (χ2n) is 8.30. The van der Waals surface area contributed by atoms with E-state index < -0.39 is 16.5 Å². The molecular formula is C22H28N4O6S. The van der Waals surface area contributed by atoms with Gasteiger partial charge in [-0.1, -0.05) is 0 Å². The molecule has 0 radical (unpaired) electrons. The summed E-state index contributed by atoms with van der Waals surface area (Å²) in [6.45, 7) is 2.37. The zero-order chi connectivity index (χ0) is 23.8. The minimum Gasteiger partial charge on any atom is -0.493 e. The van der Waals surface area contributed by atoms with Gasteiger partial charge in [-0.25, -0.2) is 14.2 Å². The molecule has 2 aromatic rings. The summed E-state index contributed by atoms with van der Waals surface area (Å²) < 4.78 is 48.0. The Balaban J connectivity index is 1.80. The van der Waals surface area contributed by atoms with Crippen LogP contribution in [0.2, 0.25) is 0 Å². The number of hydrogen-bond acceptors (Lipinski definition) is 9. The van der Waals surface area contributed by atoms with Gasteiger partial charge in [-0.3, -0.25) is 9.55 Å². The van der Waals surface area contributed by atoms with Crippen molar-refractivity contribution in [1.29, 1.82) is 0 Å². The van der Waals surface area contributed by atoms with Crippen LogP contribution in [0.4, 0.5) is 5.95 Å². The van der Waals surface area contributed by atoms with E-state index in [0.29, 0.717) is 43.3 Å². The summed E-state index contributed by atoms with van der Waals surface area (Å²) >= 11 is 0. The third kappa shape index (κ3) is 4.94. The molecule has 0 saturated heterocycles. The standard InChI is InChI=1S/C22H28N4O6S/c1-5-31-20-9-15-16-8-14(32-33(27,28)29)6-7-18(16)25-21(17(15)10-19(20)30-4)13-11-23-22(24-12-13)26(2)3/h9-12,14,16,18H,5-8H2,1-4H3,(H,27,28,29)/t14-,16-,18-/m1/s1. The third-order valence-corrected chi connectivity index (χ3v) is 6.44. The Kier molecular flexibility index (Phi) is 6.55. The van der Waals surface area contributed by atoms with Gasteiger partial charge in [0, 0.05) is 43.5 Å². The number of benzene rings is 1. The predicted molar refractivity (Wildman–Crippen MR) is 123 cm³/mol. The Bertz CT molecular complexity index is 1150. The maximum Gasteiger partial charge on any atom is 0.397 e. The van der Waals surface area contributed by atoms with Crippen LogP contribution in [0.15, 0.2) is 29.5 Å². The Labute approximate surface area is 193 Å². The summed E-state index contributed by atoms with van der Waals surface area (Å²) in [5.74, 6) is 1.68. The molecule has 2 aliphatic rings. The lowest BCUT2D eigenvalue weighted by Gasteiger charge is -2.38. The number of nitrogens with zero attached hydrogens (tertiary/aromatic N) is 4. The maximum absolute atomic E-state index is 11.3. The average Bonchev–Trinajstić information content (AvgIpc) is 2.77. The Morgan fingerprint density at radius 2 is 1.88 bits per heavy atom. The van der Waals surface area contributed by atoms with Crippen molar-refractivity contribution in [3.8, 4) is 11.5 Å². The SMILES string of the molecule is CCOc1cc2c(cc1OC)C(c1cnc(N(C)C)nc1)=N[C@@H]1CC[C@@H](OS(=O)(=O)O)C[C@H]21. The monoisotopic (exact) mass is 476 g/mol. The van der Waals surface area contributed by atoms with Crippen molar-refractivity contribution >= 4 is 22.1 Å². The average molecular weight is 477 g/mol. The quantitative estimate of drug-likeness (QED) is 0.601. The van der Waals surface area contributed by atoms with E-state index in [-0.39, 0.29) is 12.0 Å². The highest BCUT2D eigenvalue weighted by molar-refractivity contribution is 7.80. The van der Waals surface area contributed by atoms with Gasteiger partial charge in [0.2, 0.25) is 5.95 Å². The van der Waals surface area contributed by atoms with E-state index in [9.17, 15) is 8.42 Å². The summed E-state index contributed by atoms with van der Waals surface area (Å²) in [6, 6.07) is 3.75. The van der Waals surface area contributed by atoms with Crippen LogP contribution in [0, 0.1) is 0 Å². The normalized spacial score (nSPS) is 22.1. The first kappa shape index (κ1) is 23.4. The highest BCUT2D eigenvalue weighted by atomic mass is 32.3. The van der Waals surface area contributed by atoms with E-state index in [2.05, 4.69) is 9.97 Å². The molecule has 1 N–H and O–H groups in total. The van der Waals surface area contributed by atoms with Crippen molar-refractivity contribution in [2.45, 2.75) is 44.2 Å². The molecule has 1 saturated carbocycles. The lowest BCUT2D eigenvalue weighted by molar-refractivity contribution is 0.124. The second-order valence-corrected chi connectivity index (χ2v) is 9.35. The molecule has 0 spiro atoms.